The van der Waals surface area contributed by atoms with Crippen LogP contribution in [0.3, 0.4) is 0 Å². The number of carbonyl (C=O) groups is 2. The molecule has 0 saturated carbocycles. The van der Waals surface area contributed by atoms with Crippen molar-refractivity contribution < 1.29 is 23.6 Å². The van der Waals surface area contributed by atoms with Gasteiger partial charge in [-0.2, -0.15) is 0 Å². The van der Waals surface area contributed by atoms with E-state index in [2.05, 4.69) is 0 Å². The standard InChI is InChI=1S/C20H16FNO5/c1-2-27-20(24)18(5-3-4-14-6-10-16(21)11-7-14)19(23)15-8-12-17(13-9-15)22(25)26/h3-13H,2H2,1H3/b4-3+,18-5+. The van der Waals surface area contributed by atoms with Crippen LogP contribution in [0, 0.1) is 15.9 Å². The number of ketones is 1. The van der Waals surface area contributed by atoms with Crippen LogP contribution < -0.4 is 0 Å². The number of ether oxygens (including phenoxy) is 1. The zero-order chi connectivity index (χ0) is 19.8. The van der Waals surface area contributed by atoms with Gasteiger partial charge in [0.2, 0.25) is 0 Å². The molecule has 0 unspecified atom stereocenters. The summed E-state index contributed by atoms with van der Waals surface area (Å²) in [4.78, 5) is 34.9. The first-order chi connectivity index (χ1) is 12.9. The molecular weight excluding hydrogens is 353 g/mol. The summed E-state index contributed by atoms with van der Waals surface area (Å²) < 4.78 is 17.8. The van der Waals surface area contributed by atoms with Gasteiger partial charge in [-0.3, -0.25) is 14.9 Å². The lowest BCUT2D eigenvalue weighted by molar-refractivity contribution is -0.384. The topological polar surface area (TPSA) is 86.5 Å². The van der Waals surface area contributed by atoms with Crippen molar-refractivity contribution in [1.29, 1.82) is 0 Å². The van der Waals surface area contributed by atoms with E-state index in [0.29, 0.717) is 5.56 Å². The van der Waals surface area contributed by atoms with Gasteiger partial charge in [-0.1, -0.05) is 24.3 Å². The summed E-state index contributed by atoms with van der Waals surface area (Å²) in [5, 5.41) is 10.7. The Balaban J connectivity index is 2.29. The van der Waals surface area contributed by atoms with Gasteiger partial charge in [0.05, 0.1) is 11.5 Å². The molecule has 2 aromatic carbocycles. The molecule has 7 heteroatoms. The highest BCUT2D eigenvalue weighted by molar-refractivity contribution is 6.24. The molecule has 6 nitrogen and oxygen atoms in total. The van der Waals surface area contributed by atoms with Crippen molar-refractivity contribution in [2.75, 3.05) is 6.61 Å². The Kier molecular flexibility index (Phi) is 6.71. The van der Waals surface area contributed by atoms with Crippen LogP contribution in [0.25, 0.3) is 6.08 Å². The Morgan fingerprint density at radius 2 is 1.74 bits per heavy atom. The smallest absolute Gasteiger partial charge is 0.342 e. The summed E-state index contributed by atoms with van der Waals surface area (Å²) in [5.41, 5.74) is 0.419. The molecular formula is C20H16FNO5. The van der Waals surface area contributed by atoms with Gasteiger partial charge < -0.3 is 4.74 Å². The highest BCUT2D eigenvalue weighted by atomic mass is 19.1. The van der Waals surface area contributed by atoms with Gasteiger partial charge in [0.15, 0.2) is 5.78 Å². The zero-order valence-corrected chi connectivity index (χ0v) is 14.4. The number of nitrogens with zero attached hydrogens (tertiary/aromatic N) is 1. The molecule has 0 radical (unpaired) electrons. The van der Waals surface area contributed by atoms with Crippen molar-refractivity contribution in [1.82, 2.24) is 0 Å². The van der Waals surface area contributed by atoms with Gasteiger partial charge in [0.1, 0.15) is 11.4 Å². The van der Waals surface area contributed by atoms with Gasteiger partial charge in [-0.25, -0.2) is 9.18 Å². The molecule has 0 heterocycles. The van der Waals surface area contributed by atoms with E-state index < -0.39 is 16.7 Å². The quantitative estimate of drug-likeness (QED) is 0.107. The summed E-state index contributed by atoms with van der Waals surface area (Å²) in [6.45, 7) is 1.70. The fourth-order valence-electron chi connectivity index (χ4n) is 2.16. The Morgan fingerprint density at radius 1 is 1.11 bits per heavy atom. The lowest BCUT2D eigenvalue weighted by Gasteiger charge is -2.05. The van der Waals surface area contributed by atoms with Crippen LogP contribution in [0.5, 0.6) is 0 Å². The molecule has 0 aliphatic heterocycles. The van der Waals surface area contributed by atoms with Crippen LogP contribution in [0.2, 0.25) is 0 Å². The monoisotopic (exact) mass is 369 g/mol. The maximum atomic E-state index is 12.9. The van der Waals surface area contributed by atoms with E-state index in [1.807, 2.05) is 0 Å². The van der Waals surface area contributed by atoms with Crippen molar-refractivity contribution in [3.05, 3.63) is 93.3 Å². The van der Waals surface area contributed by atoms with E-state index in [0.717, 1.165) is 0 Å². The summed E-state index contributed by atoms with van der Waals surface area (Å²) in [6.07, 6.45) is 4.37. The fourth-order valence-corrected chi connectivity index (χ4v) is 2.16. The highest BCUT2D eigenvalue weighted by Crippen LogP contribution is 2.16. The number of halogens is 1. The maximum Gasteiger partial charge on any atom is 0.342 e. The molecule has 27 heavy (non-hydrogen) atoms. The number of benzene rings is 2. The maximum absolute atomic E-state index is 12.9. The number of non-ortho nitro benzene ring substituents is 1. The molecule has 0 aliphatic rings. The molecule has 0 spiro atoms. The average Bonchev–Trinajstić information content (AvgIpc) is 2.66. The van der Waals surface area contributed by atoms with Crippen molar-refractivity contribution in [3.8, 4) is 0 Å². The number of nitro groups is 1. The lowest BCUT2D eigenvalue weighted by atomic mass is 10.0. The first-order valence-electron chi connectivity index (χ1n) is 8.02. The summed E-state index contributed by atoms with van der Waals surface area (Å²) in [5.74, 6) is -1.79. The largest absolute Gasteiger partial charge is 0.462 e. The second-order valence-corrected chi connectivity index (χ2v) is 5.34. The first-order valence-corrected chi connectivity index (χ1v) is 8.02. The highest BCUT2D eigenvalue weighted by Gasteiger charge is 2.21. The second kappa shape index (κ2) is 9.19. The van der Waals surface area contributed by atoms with E-state index in [1.165, 1.54) is 48.6 Å². The van der Waals surface area contributed by atoms with E-state index in [4.69, 9.17) is 4.74 Å². The zero-order valence-electron chi connectivity index (χ0n) is 14.4. The van der Waals surface area contributed by atoms with Gasteiger partial charge in [0, 0.05) is 17.7 Å². The van der Waals surface area contributed by atoms with Gasteiger partial charge in [-0.15, -0.1) is 0 Å². The number of nitro benzene ring substituents is 1. The molecule has 2 aromatic rings. The van der Waals surface area contributed by atoms with Crippen LogP contribution in [0.4, 0.5) is 10.1 Å². The van der Waals surface area contributed by atoms with E-state index in [1.54, 1.807) is 25.1 Å². The minimum absolute atomic E-state index is 0.0887. The van der Waals surface area contributed by atoms with Crippen LogP contribution in [0.1, 0.15) is 22.8 Å². The van der Waals surface area contributed by atoms with Crippen LogP contribution in [-0.2, 0) is 9.53 Å². The first kappa shape index (κ1) is 19.7. The fraction of sp³-hybridized carbons (Fsp3) is 0.100. The SMILES string of the molecule is CCOC(=O)/C(=C/C=C/c1ccc(F)cc1)C(=O)c1ccc([N+](=O)[O-])cc1. The third-order valence-electron chi connectivity index (χ3n) is 3.50. The molecule has 0 saturated heterocycles. The van der Waals surface area contributed by atoms with Crippen molar-refractivity contribution in [2.45, 2.75) is 6.92 Å². The molecule has 0 bridgehead atoms. The third-order valence-corrected chi connectivity index (χ3v) is 3.50. The lowest BCUT2D eigenvalue weighted by Crippen LogP contribution is -2.16. The molecule has 0 fully saturated rings. The van der Waals surface area contributed by atoms with Crippen molar-refractivity contribution in [2.24, 2.45) is 0 Å². The number of Topliss-reactive ketones (excluding diaryl/α,β-unsaturated/α-hetero) is 1. The summed E-state index contributed by atoms with van der Waals surface area (Å²) >= 11 is 0. The Labute approximate surface area is 154 Å². The van der Waals surface area contributed by atoms with E-state index >= 15 is 0 Å². The molecule has 0 aliphatic carbocycles. The van der Waals surface area contributed by atoms with Crippen LogP contribution >= 0.6 is 0 Å². The summed E-state index contributed by atoms with van der Waals surface area (Å²) in [7, 11) is 0. The molecule has 0 atom stereocenters. The average molecular weight is 369 g/mol. The number of allylic oxidation sites excluding steroid dienone is 2. The predicted octanol–water partition coefficient (Wildman–Crippen LogP) is 4.12. The minimum Gasteiger partial charge on any atom is -0.462 e. The van der Waals surface area contributed by atoms with Crippen molar-refractivity contribution >= 4 is 23.5 Å². The molecule has 0 N–H and O–H groups in total. The number of esters is 1. The van der Waals surface area contributed by atoms with Crippen LogP contribution in [0.15, 0.2) is 66.3 Å². The Bertz CT molecular complexity index is 899. The molecule has 138 valence electrons. The van der Waals surface area contributed by atoms with Crippen molar-refractivity contribution in [3.63, 3.8) is 0 Å². The molecule has 2 rings (SSSR count). The Morgan fingerprint density at radius 3 is 2.30 bits per heavy atom. The summed E-state index contributed by atoms with van der Waals surface area (Å²) in [6, 6.07) is 10.6. The minimum atomic E-state index is -0.801. The van der Waals surface area contributed by atoms with Crippen LogP contribution in [-0.4, -0.2) is 23.3 Å². The molecule has 0 amide bonds. The number of hydrogen-bond donors (Lipinski definition) is 0. The van der Waals surface area contributed by atoms with E-state index in [-0.39, 0.29) is 29.2 Å². The van der Waals surface area contributed by atoms with Gasteiger partial charge in [0.25, 0.3) is 5.69 Å². The normalized spacial score (nSPS) is 11.4. The molecule has 0 aromatic heterocycles. The van der Waals surface area contributed by atoms with E-state index in [9.17, 15) is 24.1 Å². The number of carbonyl (C=O) groups excluding carboxylic acids is 2. The number of rotatable bonds is 7. The predicted molar refractivity (Wildman–Crippen MR) is 97.6 cm³/mol. The Hall–Kier alpha value is -3.61. The number of hydrogen-bond acceptors (Lipinski definition) is 5. The second-order valence-electron chi connectivity index (χ2n) is 5.34. The third kappa shape index (κ3) is 5.43. The van der Waals surface area contributed by atoms with Gasteiger partial charge >= 0.3 is 5.97 Å². The van der Waals surface area contributed by atoms with Gasteiger partial charge in [-0.05, 0) is 42.8 Å².